The van der Waals surface area contributed by atoms with Crippen molar-refractivity contribution in [2.24, 2.45) is 0 Å². The van der Waals surface area contributed by atoms with Crippen molar-refractivity contribution in [1.82, 2.24) is 9.55 Å². The molecule has 1 aliphatic carbocycles. The molecule has 1 aromatic carbocycles. The minimum atomic E-state index is -0.0832. The summed E-state index contributed by atoms with van der Waals surface area (Å²) in [6, 6.07) is 4.02. The summed E-state index contributed by atoms with van der Waals surface area (Å²) in [4.78, 5) is 32.3. The lowest BCUT2D eigenvalue weighted by atomic mass is 9.96. The lowest BCUT2D eigenvalue weighted by molar-refractivity contribution is 0.0969. The second-order valence-corrected chi connectivity index (χ2v) is 8.00. The van der Waals surface area contributed by atoms with Gasteiger partial charge in [0.05, 0.1) is 18.3 Å². The molecule has 2 heterocycles. The van der Waals surface area contributed by atoms with Crippen LogP contribution in [-0.4, -0.2) is 15.3 Å². The highest BCUT2D eigenvalue weighted by atomic mass is 32.1. The predicted molar refractivity (Wildman–Crippen MR) is 101 cm³/mol. The summed E-state index contributed by atoms with van der Waals surface area (Å²) in [5.74, 6) is -0.0369. The summed E-state index contributed by atoms with van der Waals surface area (Å²) in [6.07, 6.45) is 4.61. The fourth-order valence-electron chi connectivity index (χ4n) is 3.99. The van der Waals surface area contributed by atoms with Gasteiger partial charge < -0.3 is 0 Å². The smallest absolute Gasteiger partial charge is 0.262 e. The Bertz CT molecular complexity index is 1050. The van der Waals surface area contributed by atoms with Crippen molar-refractivity contribution in [2.45, 2.75) is 46.6 Å². The van der Waals surface area contributed by atoms with Gasteiger partial charge in [0.1, 0.15) is 4.83 Å². The number of benzene rings is 1. The minimum Gasteiger partial charge on any atom is -0.292 e. The van der Waals surface area contributed by atoms with E-state index >= 15 is 0 Å². The van der Waals surface area contributed by atoms with Gasteiger partial charge in [0.2, 0.25) is 0 Å². The highest BCUT2D eigenvalue weighted by Gasteiger charge is 2.22. The number of rotatable bonds is 3. The van der Waals surface area contributed by atoms with Gasteiger partial charge >= 0.3 is 0 Å². The van der Waals surface area contributed by atoms with Crippen molar-refractivity contribution >= 4 is 27.3 Å². The van der Waals surface area contributed by atoms with Crippen LogP contribution < -0.4 is 5.56 Å². The highest BCUT2D eigenvalue weighted by Crippen LogP contribution is 2.34. The van der Waals surface area contributed by atoms with Gasteiger partial charge in [-0.2, -0.15) is 0 Å². The fraction of sp³-hybridized carbons (Fsp3) is 0.350. The maximum atomic E-state index is 12.9. The molecule has 0 spiro atoms. The van der Waals surface area contributed by atoms with Crippen molar-refractivity contribution < 1.29 is 4.79 Å². The van der Waals surface area contributed by atoms with E-state index in [1.54, 1.807) is 11.3 Å². The molecular formula is C20H20N2O2S. The Morgan fingerprint density at radius 3 is 2.64 bits per heavy atom. The van der Waals surface area contributed by atoms with E-state index in [0.717, 1.165) is 51.7 Å². The number of nitrogens with zero attached hydrogens (tertiary/aromatic N) is 2. The van der Waals surface area contributed by atoms with Crippen molar-refractivity contribution in [2.75, 3.05) is 0 Å². The fourth-order valence-corrected chi connectivity index (χ4v) is 5.21. The molecule has 1 aliphatic rings. The van der Waals surface area contributed by atoms with E-state index < -0.39 is 0 Å². The van der Waals surface area contributed by atoms with Crippen LogP contribution in [0, 0.1) is 20.8 Å². The molecule has 5 heteroatoms. The van der Waals surface area contributed by atoms with Gasteiger partial charge in [-0.1, -0.05) is 17.7 Å². The van der Waals surface area contributed by atoms with E-state index in [2.05, 4.69) is 4.98 Å². The summed E-state index contributed by atoms with van der Waals surface area (Å²) in [5.41, 5.74) is 4.85. The normalized spacial score (nSPS) is 13.4. The maximum Gasteiger partial charge on any atom is 0.262 e. The topological polar surface area (TPSA) is 52.0 Å². The highest BCUT2D eigenvalue weighted by molar-refractivity contribution is 7.18. The third kappa shape index (κ3) is 2.63. The average Bonchev–Trinajstić information content (AvgIpc) is 3.09. The van der Waals surface area contributed by atoms with Crippen LogP contribution in [0.1, 0.15) is 43.9 Å². The molecule has 0 atom stereocenters. The number of hydrogen-bond acceptors (Lipinski definition) is 4. The first-order valence-electron chi connectivity index (χ1n) is 8.56. The zero-order valence-electron chi connectivity index (χ0n) is 14.7. The number of carbonyl (C=O) groups is 1. The Hall–Kier alpha value is -2.27. The van der Waals surface area contributed by atoms with Crippen molar-refractivity contribution in [3.05, 3.63) is 61.5 Å². The summed E-state index contributed by atoms with van der Waals surface area (Å²) in [5, 5.41) is 0.727. The van der Waals surface area contributed by atoms with E-state index in [0.29, 0.717) is 5.56 Å². The summed E-state index contributed by atoms with van der Waals surface area (Å²) < 4.78 is 1.47. The molecule has 3 aromatic rings. The summed E-state index contributed by atoms with van der Waals surface area (Å²) >= 11 is 1.62. The molecule has 0 unspecified atom stereocenters. The first-order valence-corrected chi connectivity index (χ1v) is 9.38. The lowest BCUT2D eigenvalue weighted by Gasteiger charge is -2.11. The second kappa shape index (κ2) is 5.92. The molecule has 2 aromatic heterocycles. The van der Waals surface area contributed by atoms with Gasteiger partial charge in [-0.15, -0.1) is 11.3 Å². The van der Waals surface area contributed by atoms with Crippen LogP contribution in [-0.2, 0) is 19.4 Å². The Balaban J connectivity index is 1.75. The Kier molecular flexibility index (Phi) is 3.84. The molecule has 128 valence electrons. The molecule has 0 aliphatic heterocycles. The molecule has 0 radical (unpaired) electrons. The monoisotopic (exact) mass is 352 g/mol. The van der Waals surface area contributed by atoms with E-state index in [9.17, 15) is 9.59 Å². The quantitative estimate of drug-likeness (QED) is 0.675. The number of aryl methyl sites for hydroxylation is 5. The SMILES string of the molecule is Cc1cc(C)c(C(=O)Cn2cnc3sc4c(c3c2=O)CCC4)c(C)c1. The number of hydrogen-bond donors (Lipinski definition) is 0. The summed E-state index contributed by atoms with van der Waals surface area (Å²) in [7, 11) is 0. The Labute approximate surface area is 150 Å². The van der Waals surface area contributed by atoms with Crippen LogP contribution in [0.4, 0.5) is 0 Å². The number of carbonyl (C=O) groups excluding carboxylic acids is 1. The van der Waals surface area contributed by atoms with E-state index in [4.69, 9.17) is 0 Å². The molecular weight excluding hydrogens is 332 g/mol. The second-order valence-electron chi connectivity index (χ2n) is 6.91. The zero-order chi connectivity index (χ0) is 17.7. The number of fused-ring (bicyclic) bond motifs is 3. The summed E-state index contributed by atoms with van der Waals surface area (Å²) in [6.45, 7) is 5.96. The number of aromatic nitrogens is 2. The van der Waals surface area contributed by atoms with Crippen LogP contribution in [0.5, 0.6) is 0 Å². The van der Waals surface area contributed by atoms with Gasteiger partial charge in [0.25, 0.3) is 5.56 Å². The molecule has 25 heavy (non-hydrogen) atoms. The first-order chi connectivity index (χ1) is 12.0. The maximum absolute atomic E-state index is 12.9. The molecule has 0 saturated heterocycles. The largest absolute Gasteiger partial charge is 0.292 e. The van der Waals surface area contributed by atoms with Crippen LogP contribution in [0.2, 0.25) is 0 Å². The first kappa shape index (κ1) is 16.2. The lowest BCUT2D eigenvalue weighted by Crippen LogP contribution is -2.25. The van der Waals surface area contributed by atoms with E-state index in [1.165, 1.54) is 15.8 Å². The van der Waals surface area contributed by atoms with Gasteiger partial charge in [-0.05, 0) is 56.7 Å². The van der Waals surface area contributed by atoms with Gasteiger partial charge in [0.15, 0.2) is 5.78 Å². The van der Waals surface area contributed by atoms with Crippen LogP contribution >= 0.6 is 11.3 Å². The van der Waals surface area contributed by atoms with Gasteiger partial charge in [0, 0.05) is 10.4 Å². The van der Waals surface area contributed by atoms with E-state index in [1.807, 2.05) is 32.9 Å². The van der Waals surface area contributed by atoms with Crippen molar-refractivity contribution in [1.29, 1.82) is 0 Å². The van der Waals surface area contributed by atoms with Crippen LogP contribution in [0.25, 0.3) is 10.2 Å². The van der Waals surface area contributed by atoms with Crippen LogP contribution in [0.15, 0.2) is 23.3 Å². The molecule has 0 bridgehead atoms. The molecule has 0 N–H and O–H groups in total. The Morgan fingerprint density at radius 2 is 1.92 bits per heavy atom. The molecule has 0 fully saturated rings. The molecule has 0 saturated carbocycles. The molecule has 4 nitrogen and oxygen atoms in total. The Morgan fingerprint density at radius 1 is 1.20 bits per heavy atom. The zero-order valence-corrected chi connectivity index (χ0v) is 15.5. The van der Waals surface area contributed by atoms with Gasteiger partial charge in [-0.25, -0.2) is 4.98 Å². The average molecular weight is 352 g/mol. The van der Waals surface area contributed by atoms with Gasteiger partial charge in [-0.3, -0.25) is 14.2 Å². The number of Topliss-reactive ketones (excluding diaryl/α,β-unsaturated/α-hetero) is 1. The third-order valence-electron chi connectivity index (χ3n) is 4.96. The molecule has 0 amide bonds. The predicted octanol–water partition coefficient (Wildman–Crippen LogP) is 3.75. The third-order valence-corrected chi connectivity index (χ3v) is 6.16. The number of thiophene rings is 1. The molecule has 4 rings (SSSR count). The minimum absolute atomic E-state index is 0.0369. The van der Waals surface area contributed by atoms with Crippen molar-refractivity contribution in [3.63, 3.8) is 0 Å². The van der Waals surface area contributed by atoms with Crippen molar-refractivity contribution in [3.8, 4) is 0 Å². The standard InChI is InChI=1S/C20H20N2O2S/c1-11-7-12(2)17(13(3)8-11)15(23)9-22-10-21-19-18(20(22)24)14-5-4-6-16(14)25-19/h7-8,10H,4-6,9H2,1-3H3. The van der Waals surface area contributed by atoms with E-state index in [-0.39, 0.29) is 17.9 Å². The van der Waals surface area contributed by atoms with Crippen LogP contribution in [0.3, 0.4) is 0 Å². The number of ketones is 1.